The van der Waals surface area contributed by atoms with Crippen LogP contribution in [0, 0.1) is 29.1 Å². The second kappa shape index (κ2) is 5.73. The minimum atomic E-state index is 0.453. The Morgan fingerprint density at radius 2 is 1.63 bits per heavy atom. The Morgan fingerprint density at radius 3 is 2.11 bits per heavy atom. The molecule has 1 aliphatic carbocycles. The maximum absolute atomic E-state index is 6.06. The minimum Gasteiger partial charge on any atom is -0.330 e. The molecule has 2 nitrogen and oxygen atoms in total. The standard InChI is InChI=1S/C17H34N2/c1-12-10-19(11-13(12)2)16-8-15(17(3,4)5)7-6-14(16)9-18/h12-16H,6-11,18H2,1-5H3. The summed E-state index contributed by atoms with van der Waals surface area (Å²) in [6, 6.07) is 0.746. The minimum absolute atomic E-state index is 0.453. The number of nitrogens with two attached hydrogens (primary N) is 1. The highest BCUT2D eigenvalue weighted by atomic mass is 15.2. The molecule has 0 amide bonds. The molecule has 1 aliphatic heterocycles. The zero-order valence-corrected chi connectivity index (χ0v) is 13.7. The summed E-state index contributed by atoms with van der Waals surface area (Å²) >= 11 is 0. The van der Waals surface area contributed by atoms with E-state index in [4.69, 9.17) is 5.73 Å². The maximum atomic E-state index is 6.06. The summed E-state index contributed by atoms with van der Waals surface area (Å²) in [5.41, 5.74) is 6.51. The van der Waals surface area contributed by atoms with Crippen LogP contribution in [0.25, 0.3) is 0 Å². The van der Waals surface area contributed by atoms with E-state index in [-0.39, 0.29) is 0 Å². The van der Waals surface area contributed by atoms with Crippen molar-refractivity contribution in [2.45, 2.75) is 59.9 Å². The van der Waals surface area contributed by atoms with Crippen molar-refractivity contribution >= 4 is 0 Å². The van der Waals surface area contributed by atoms with E-state index < -0.39 is 0 Å². The first-order chi connectivity index (χ1) is 8.82. The van der Waals surface area contributed by atoms with E-state index in [1.807, 2.05) is 0 Å². The van der Waals surface area contributed by atoms with E-state index >= 15 is 0 Å². The third-order valence-corrected chi connectivity index (χ3v) is 5.97. The van der Waals surface area contributed by atoms with Gasteiger partial charge in [0.2, 0.25) is 0 Å². The molecule has 1 saturated heterocycles. The summed E-state index contributed by atoms with van der Waals surface area (Å²) in [6.45, 7) is 15.5. The zero-order chi connectivity index (χ0) is 14.2. The van der Waals surface area contributed by atoms with Gasteiger partial charge in [0.15, 0.2) is 0 Å². The molecule has 5 unspecified atom stereocenters. The fraction of sp³-hybridized carbons (Fsp3) is 1.00. The van der Waals surface area contributed by atoms with Gasteiger partial charge in [-0.3, -0.25) is 4.90 Å². The highest BCUT2D eigenvalue weighted by Crippen LogP contribution is 2.42. The van der Waals surface area contributed by atoms with Gasteiger partial charge in [-0.25, -0.2) is 0 Å². The molecule has 2 fully saturated rings. The monoisotopic (exact) mass is 266 g/mol. The van der Waals surface area contributed by atoms with Crippen molar-refractivity contribution < 1.29 is 0 Å². The lowest BCUT2D eigenvalue weighted by Crippen LogP contribution is -2.47. The van der Waals surface area contributed by atoms with Gasteiger partial charge in [-0.1, -0.05) is 34.6 Å². The predicted molar refractivity (Wildman–Crippen MR) is 83.0 cm³/mol. The topological polar surface area (TPSA) is 29.3 Å². The molecule has 19 heavy (non-hydrogen) atoms. The van der Waals surface area contributed by atoms with Gasteiger partial charge in [-0.15, -0.1) is 0 Å². The Balaban J connectivity index is 2.06. The number of hydrogen-bond acceptors (Lipinski definition) is 2. The molecule has 2 aliphatic rings. The Kier molecular flexibility index (Phi) is 4.62. The molecule has 0 spiro atoms. The lowest BCUT2D eigenvalue weighted by molar-refractivity contribution is 0.0554. The average molecular weight is 266 g/mol. The van der Waals surface area contributed by atoms with Gasteiger partial charge in [-0.2, -0.15) is 0 Å². The highest BCUT2D eigenvalue weighted by Gasteiger charge is 2.40. The van der Waals surface area contributed by atoms with Gasteiger partial charge in [0.25, 0.3) is 0 Å². The highest BCUT2D eigenvalue weighted by molar-refractivity contribution is 4.94. The van der Waals surface area contributed by atoms with Crippen molar-refractivity contribution in [2.75, 3.05) is 19.6 Å². The van der Waals surface area contributed by atoms with Crippen molar-refractivity contribution in [3.8, 4) is 0 Å². The van der Waals surface area contributed by atoms with Gasteiger partial charge >= 0.3 is 0 Å². The van der Waals surface area contributed by atoms with Gasteiger partial charge < -0.3 is 5.73 Å². The fourth-order valence-electron chi connectivity index (χ4n) is 4.16. The molecule has 1 saturated carbocycles. The second-order valence-corrected chi connectivity index (χ2v) is 8.35. The lowest BCUT2D eigenvalue weighted by atomic mass is 9.67. The van der Waals surface area contributed by atoms with Crippen LogP contribution in [0.2, 0.25) is 0 Å². The Morgan fingerprint density at radius 1 is 1.05 bits per heavy atom. The van der Waals surface area contributed by atoms with E-state index in [1.165, 1.54) is 32.4 Å². The van der Waals surface area contributed by atoms with E-state index in [0.717, 1.165) is 36.3 Å². The smallest absolute Gasteiger partial charge is 0.0139 e. The van der Waals surface area contributed by atoms with Crippen molar-refractivity contribution in [3.05, 3.63) is 0 Å². The Hall–Kier alpha value is -0.0800. The van der Waals surface area contributed by atoms with Crippen molar-refractivity contribution in [1.29, 1.82) is 0 Å². The summed E-state index contributed by atoms with van der Waals surface area (Å²) in [5.74, 6) is 3.31. The second-order valence-electron chi connectivity index (χ2n) is 8.35. The van der Waals surface area contributed by atoms with Gasteiger partial charge in [-0.05, 0) is 54.9 Å². The number of rotatable bonds is 2. The van der Waals surface area contributed by atoms with E-state index in [0.29, 0.717) is 5.41 Å². The molecular weight excluding hydrogens is 232 g/mol. The molecule has 0 radical (unpaired) electrons. The fourth-order valence-corrected chi connectivity index (χ4v) is 4.16. The van der Waals surface area contributed by atoms with Crippen LogP contribution in [0.5, 0.6) is 0 Å². The van der Waals surface area contributed by atoms with Crippen LogP contribution >= 0.6 is 0 Å². The summed E-state index contributed by atoms with van der Waals surface area (Å²) in [4.78, 5) is 2.77. The molecular formula is C17H34N2. The number of likely N-dealkylation sites (tertiary alicyclic amines) is 1. The summed E-state index contributed by atoms with van der Waals surface area (Å²) in [6.07, 6.45) is 4.08. The normalized spacial score (nSPS) is 41.7. The third kappa shape index (κ3) is 3.33. The van der Waals surface area contributed by atoms with Crippen LogP contribution < -0.4 is 5.73 Å². The van der Waals surface area contributed by atoms with Crippen LogP contribution in [0.15, 0.2) is 0 Å². The molecule has 0 aromatic heterocycles. The quantitative estimate of drug-likeness (QED) is 0.830. The number of nitrogens with zero attached hydrogens (tertiary/aromatic N) is 1. The molecule has 5 atom stereocenters. The SMILES string of the molecule is CC1CN(C2CC(C(C)(C)C)CCC2CN)CC1C. The summed E-state index contributed by atoms with van der Waals surface area (Å²) in [7, 11) is 0. The molecule has 0 bridgehead atoms. The van der Waals surface area contributed by atoms with Gasteiger partial charge in [0.05, 0.1) is 0 Å². The number of hydrogen-bond donors (Lipinski definition) is 1. The van der Waals surface area contributed by atoms with E-state index in [1.54, 1.807) is 0 Å². The maximum Gasteiger partial charge on any atom is 0.0139 e. The first-order valence-corrected chi connectivity index (χ1v) is 8.27. The van der Waals surface area contributed by atoms with Crippen molar-refractivity contribution in [2.24, 2.45) is 34.8 Å². The third-order valence-electron chi connectivity index (χ3n) is 5.97. The van der Waals surface area contributed by atoms with Crippen LogP contribution in [-0.2, 0) is 0 Å². The molecule has 2 rings (SSSR count). The Bertz CT molecular complexity index is 284. The molecule has 2 N–H and O–H groups in total. The van der Waals surface area contributed by atoms with E-state index in [9.17, 15) is 0 Å². The van der Waals surface area contributed by atoms with Gasteiger partial charge in [0, 0.05) is 19.1 Å². The largest absolute Gasteiger partial charge is 0.330 e. The van der Waals surface area contributed by atoms with Crippen LogP contribution in [0.1, 0.15) is 53.9 Å². The van der Waals surface area contributed by atoms with Crippen LogP contribution in [-0.4, -0.2) is 30.6 Å². The Labute approximate surface area is 120 Å². The van der Waals surface area contributed by atoms with Gasteiger partial charge in [0.1, 0.15) is 0 Å². The van der Waals surface area contributed by atoms with Crippen LogP contribution in [0.3, 0.4) is 0 Å². The molecule has 0 aromatic carbocycles. The predicted octanol–water partition coefficient (Wildman–Crippen LogP) is 3.36. The molecule has 2 heteroatoms. The molecule has 0 aromatic rings. The summed E-state index contributed by atoms with van der Waals surface area (Å²) < 4.78 is 0. The van der Waals surface area contributed by atoms with Crippen LogP contribution in [0.4, 0.5) is 0 Å². The van der Waals surface area contributed by atoms with E-state index in [2.05, 4.69) is 39.5 Å². The zero-order valence-electron chi connectivity index (χ0n) is 13.7. The first-order valence-electron chi connectivity index (χ1n) is 8.27. The lowest BCUT2D eigenvalue weighted by Gasteiger charge is -2.45. The average Bonchev–Trinajstić information content (AvgIpc) is 2.67. The first kappa shape index (κ1) is 15.3. The van der Waals surface area contributed by atoms with Crippen molar-refractivity contribution in [1.82, 2.24) is 4.90 Å². The molecule has 112 valence electrons. The summed E-state index contributed by atoms with van der Waals surface area (Å²) in [5, 5.41) is 0. The van der Waals surface area contributed by atoms with Crippen molar-refractivity contribution in [3.63, 3.8) is 0 Å². The molecule has 1 heterocycles.